The highest BCUT2D eigenvalue weighted by Crippen LogP contribution is 2.32. The van der Waals surface area contributed by atoms with Crippen LogP contribution in [0.2, 0.25) is 0 Å². The lowest BCUT2D eigenvalue weighted by Gasteiger charge is -2.15. The summed E-state index contributed by atoms with van der Waals surface area (Å²) in [4.78, 5) is 24.6. The van der Waals surface area contributed by atoms with Crippen LogP contribution >= 0.6 is 0 Å². The molecule has 1 N–H and O–H groups in total. The maximum atomic E-state index is 12.6. The maximum absolute atomic E-state index is 12.6. The number of nitro groups is 1. The molecule has 0 aromatic heterocycles. The molecule has 0 bridgehead atoms. The van der Waals surface area contributed by atoms with Crippen LogP contribution in [-0.4, -0.2) is 40.0 Å². The van der Waals surface area contributed by atoms with Crippen LogP contribution in [0.4, 0.5) is 11.4 Å². The molecule has 2 aromatic rings. The average molecular weight is 417 g/mol. The van der Waals surface area contributed by atoms with E-state index >= 15 is 0 Å². The molecule has 152 valence electrons. The van der Waals surface area contributed by atoms with Crippen LogP contribution in [0.15, 0.2) is 47.4 Å². The van der Waals surface area contributed by atoms with E-state index in [2.05, 4.69) is 4.72 Å². The molecule has 1 aliphatic rings. The van der Waals surface area contributed by atoms with Gasteiger partial charge in [0, 0.05) is 24.8 Å². The third kappa shape index (κ3) is 4.13. The van der Waals surface area contributed by atoms with Crippen molar-refractivity contribution < 1.29 is 22.9 Å². The molecule has 0 fully saturated rings. The van der Waals surface area contributed by atoms with Gasteiger partial charge in [-0.3, -0.25) is 14.9 Å². The van der Waals surface area contributed by atoms with Crippen LogP contribution in [-0.2, 0) is 21.2 Å². The van der Waals surface area contributed by atoms with Crippen molar-refractivity contribution in [3.63, 3.8) is 0 Å². The Morgan fingerprint density at radius 1 is 1.28 bits per heavy atom. The quantitative estimate of drug-likeness (QED) is 0.437. The van der Waals surface area contributed by atoms with E-state index in [1.54, 1.807) is 12.1 Å². The van der Waals surface area contributed by atoms with E-state index in [0.717, 1.165) is 5.56 Å². The second kappa shape index (κ2) is 8.02. The first-order valence-corrected chi connectivity index (χ1v) is 10.1. The lowest BCUT2D eigenvalue weighted by atomic mass is 10.1. The summed E-state index contributed by atoms with van der Waals surface area (Å²) in [6, 6.07) is 8.99. The van der Waals surface area contributed by atoms with Crippen molar-refractivity contribution in [1.29, 1.82) is 0 Å². The number of methoxy groups -OCH3 is 1. The molecule has 1 heterocycles. The first-order chi connectivity index (χ1) is 13.8. The lowest BCUT2D eigenvalue weighted by Crippen LogP contribution is -2.26. The number of anilines is 1. The molecule has 0 spiro atoms. The Morgan fingerprint density at radius 2 is 2.03 bits per heavy atom. The summed E-state index contributed by atoms with van der Waals surface area (Å²) in [5.41, 5.74) is 1.79. The molecule has 9 nitrogen and oxygen atoms in total. The number of carbonyl (C=O) groups is 1. The highest BCUT2D eigenvalue weighted by molar-refractivity contribution is 7.89. The van der Waals surface area contributed by atoms with E-state index in [9.17, 15) is 23.3 Å². The van der Waals surface area contributed by atoms with Gasteiger partial charge in [-0.2, -0.15) is 0 Å². The van der Waals surface area contributed by atoms with E-state index < -0.39 is 14.9 Å². The van der Waals surface area contributed by atoms with Gasteiger partial charge in [0.05, 0.1) is 17.7 Å². The van der Waals surface area contributed by atoms with Gasteiger partial charge in [0.25, 0.3) is 11.6 Å². The van der Waals surface area contributed by atoms with Crippen molar-refractivity contribution in [2.45, 2.75) is 11.3 Å². The first kappa shape index (κ1) is 20.5. The van der Waals surface area contributed by atoms with Crippen LogP contribution in [0.1, 0.15) is 11.1 Å². The van der Waals surface area contributed by atoms with E-state index in [0.29, 0.717) is 24.2 Å². The molecule has 0 unspecified atom stereocenters. The summed E-state index contributed by atoms with van der Waals surface area (Å²) in [6.07, 6.45) is 3.41. The molecule has 0 atom stereocenters. The van der Waals surface area contributed by atoms with Crippen molar-refractivity contribution in [2.75, 3.05) is 25.6 Å². The normalized spacial score (nSPS) is 13.5. The Hall–Kier alpha value is -3.24. The number of hydrogen-bond donors (Lipinski definition) is 1. The number of nitro benzene ring substituents is 1. The second-order valence-corrected chi connectivity index (χ2v) is 8.12. The average Bonchev–Trinajstić information content (AvgIpc) is 3.15. The molecule has 1 amide bonds. The van der Waals surface area contributed by atoms with Crippen LogP contribution < -0.4 is 14.4 Å². The molecule has 0 aliphatic carbocycles. The van der Waals surface area contributed by atoms with E-state index in [-0.39, 0.29) is 22.2 Å². The molecule has 2 aromatic carbocycles. The number of fused-ring (bicyclic) bond motifs is 1. The van der Waals surface area contributed by atoms with Gasteiger partial charge in [0.15, 0.2) is 0 Å². The smallest absolute Gasteiger partial charge is 0.271 e. The molecule has 0 radical (unpaired) electrons. The molecular formula is C19H19N3O6S. The standard InChI is InChI=1S/C19H19N3O6S/c1-20-29(26,27)18-11-13(3-7-17(18)28-2)4-8-19(23)21-10-9-14-5-6-15(22(24)25)12-16(14)21/h3-8,11-12,20H,9-10H2,1-2H3/b8-4+. The lowest BCUT2D eigenvalue weighted by molar-refractivity contribution is -0.384. The Bertz CT molecular complexity index is 1110. The minimum atomic E-state index is -3.74. The topological polar surface area (TPSA) is 119 Å². The van der Waals surface area contributed by atoms with Gasteiger partial charge < -0.3 is 9.64 Å². The number of non-ortho nitro benzene ring substituents is 1. The van der Waals surface area contributed by atoms with Gasteiger partial charge in [-0.25, -0.2) is 13.1 Å². The zero-order valence-electron chi connectivity index (χ0n) is 15.8. The van der Waals surface area contributed by atoms with Gasteiger partial charge in [0.1, 0.15) is 10.6 Å². The number of ether oxygens (including phenoxy) is 1. The Kier molecular flexibility index (Phi) is 5.66. The fourth-order valence-electron chi connectivity index (χ4n) is 3.08. The first-order valence-electron chi connectivity index (χ1n) is 8.65. The van der Waals surface area contributed by atoms with Gasteiger partial charge >= 0.3 is 0 Å². The zero-order valence-corrected chi connectivity index (χ0v) is 16.6. The largest absolute Gasteiger partial charge is 0.495 e. The number of nitrogens with zero attached hydrogens (tertiary/aromatic N) is 2. The highest BCUT2D eigenvalue weighted by Gasteiger charge is 2.25. The number of sulfonamides is 1. The maximum Gasteiger partial charge on any atom is 0.271 e. The molecule has 3 rings (SSSR count). The predicted molar refractivity (Wildman–Crippen MR) is 107 cm³/mol. The van der Waals surface area contributed by atoms with E-state index in [1.165, 1.54) is 55.5 Å². The summed E-state index contributed by atoms with van der Waals surface area (Å²) < 4.78 is 31.6. The van der Waals surface area contributed by atoms with Gasteiger partial charge in [-0.1, -0.05) is 12.1 Å². The van der Waals surface area contributed by atoms with Crippen molar-refractivity contribution in [1.82, 2.24) is 4.72 Å². The fourth-order valence-corrected chi connectivity index (χ4v) is 4.01. The molecule has 0 saturated heterocycles. The summed E-state index contributed by atoms with van der Waals surface area (Å²) in [7, 11) is -1.07. The SMILES string of the molecule is CNS(=O)(=O)c1cc(/C=C/C(=O)N2CCc3ccc([N+](=O)[O-])cc32)ccc1OC. The van der Waals surface area contributed by atoms with Crippen LogP contribution in [0, 0.1) is 10.1 Å². The summed E-state index contributed by atoms with van der Waals surface area (Å²) in [5.74, 6) is -0.165. The van der Waals surface area contributed by atoms with Crippen molar-refractivity contribution in [3.05, 3.63) is 63.7 Å². The molecular weight excluding hydrogens is 398 g/mol. The number of nitrogens with one attached hydrogen (secondary N) is 1. The fraction of sp³-hybridized carbons (Fsp3) is 0.211. The summed E-state index contributed by atoms with van der Waals surface area (Å²) in [5, 5.41) is 11.0. The number of hydrogen-bond acceptors (Lipinski definition) is 6. The van der Waals surface area contributed by atoms with Crippen molar-refractivity contribution in [3.8, 4) is 5.75 Å². The molecule has 1 aliphatic heterocycles. The van der Waals surface area contributed by atoms with Crippen LogP contribution in [0.25, 0.3) is 6.08 Å². The van der Waals surface area contributed by atoms with Crippen LogP contribution in [0.5, 0.6) is 5.75 Å². The second-order valence-electron chi connectivity index (χ2n) is 6.26. The number of amides is 1. The monoisotopic (exact) mass is 417 g/mol. The third-order valence-electron chi connectivity index (χ3n) is 4.61. The van der Waals surface area contributed by atoms with Crippen molar-refractivity contribution in [2.24, 2.45) is 0 Å². The van der Waals surface area contributed by atoms with Crippen molar-refractivity contribution >= 4 is 33.4 Å². The third-order valence-corrected chi connectivity index (χ3v) is 6.04. The van der Waals surface area contributed by atoms with Crippen LogP contribution in [0.3, 0.4) is 0 Å². The predicted octanol–water partition coefficient (Wildman–Crippen LogP) is 2.11. The number of rotatable bonds is 6. The van der Waals surface area contributed by atoms with Gasteiger partial charge in [-0.05, 0) is 42.8 Å². The Balaban J connectivity index is 1.87. The Morgan fingerprint density at radius 3 is 2.69 bits per heavy atom. The number of benzene rings is 2. The van der Waals surface area contributed by atoms with Gasteiger partial charge in [0.2, 0.25) is 10.0 Å². The Labute approximate surface area is 167 Å². The van der Waals surface area contributed by atoms with E-state index in [1.807, 2.05) is 0 Å². The minimum absolute atomic E-state index is 0.0424. The highest BCUT2D eigenvalue weighted by atomic mass is 32.2. The number of carbonyl (C=O) groups excluding carboxylic acids is 1. The summed E-state index contributed by atoms with van der Waals surface area (Å²) >= 11 is 0. The molecule has 0 saturated carbocycles. The molecule has 10 heteroatoms. The van der Waals surface area contributed by atoms with Gasteiger partial charge in [-0.15, -0.1) is 0 Å². The van der Waals surface area contributed by atoms with E-state index in [4.69, 9.17) is 4.74 Å². The molecule has 29 heavy (non-hydrogen) atoms. The summed E-state index contributed by atoms with van der Waals surface area (Å²) in [6.45, 7) is 0.418. The minimum Gasteiger partial charge on any atom is -0.495 e. The zero-order chi connectivity index (χ0) is 21.2.